The van der Waals surface area contributed by atoms with Crippen LogP contribution < -0.4 is 10.6 Å². The molecule has 21 heavy (non-hydrogen) atoms. The first-order valence-electron chi connectivity index (χ1n) is 6.83. The highest BCUT2D eigenvalue weighted by molar-refractivity contribution is 7.80. The van der Waals surface area contributed by atoms with Gasteiger partial charge in [-0.25, -0.2) is 0 Å². The second-order valence-corrected chi connectivity index (χ2v) is 6.25. The summed E-state index contributed by atoms with van der Waals surface area (Å²) in [5.41, 5.74) is 1.03. The number of hydrogen-bond acceptors (Lipinski definition) is 2. The molecule has 106 valence electrons. The third-order valence-electron chi connectivity index (χ3n) is 3.36. The molecule has 2 aromatic carbocycles. The summed E-state index contributed by atoms with van der Waals surface area (Å²) in [6.07, 6.45) is 0. The number of thiophene rings is 1. The summed E-state index contributed by atoms with van der Waals surface area (Å²) in [6, 6.07) is 18.9. The molecule has 0 aliphatic carbocycles. The Morgan fingerprint density at radius 2 is 1.86 bits per heavy atom. The summed E-state index contributed by atoms with van der Waals surface area (Å²) in [5.74, 6) is 0. The summed E-state index contributed by atoms with van der Waals surface area (Å²) in [7, 11) is 0. The molecular weight excluding hydrogens is 296 g/mol. The van der Waals surface area contributed by atoms with Gasteiger partial charge in [0.05, 0.1) is 6.04 Å². The Kier molecular flexibility index (Phi) is 4.18. The topological polar surface area (TPSA) is 24.1 Å². The highest BCUT2D eigenvalue weighted by Gasteiger charge is 2.08. The van der Waals surface area contributed by atoms with Crippen LogP contribution in [0.25, 0.3) is 10.8 Å². The van der Waals surface area contributed by atoms with Crippen molar-refractivity contribution in [1.82, 2.24) is 5.32 Å². The largest absolute Gasteiger partial charge is 0.355 e. The molecule has 2 nitrogen and oxygen atoms in total. The Morgan fingerprint density at radius 3 is 2.67 bits per heavy atom. The Bertz CT molecular complexity index is 745. The molecule has 1 atom stereocenters. The summed E-state index contributed by atoms with van der Waals surface area (Å²) in [6.45, 7) is 2.11. The van der Waals surface area contributed by atoms with Crippen molar-refractivity contribution >= 4 is 45.1 Å². The van der Waals surface area contributed by atoms with E-state index in [-0.39, 0.29) is 6.04 Å². The molecule has 0 fully saturated rings. The Morgan fingerprint density at radius 1 is 1.05 bits per heavy atom. The summed E-state index contributed by atoms with van der Waals surface area (Å²) in [5, 5.41) is 11.7. The van der Waals surface area contributed by atoms with Crippen LogP contribution in [0, 0.1) is 0 Å². The third kappa shape index (κ3) is 3.23. The van der Waals surface area contributed by atoms with E-state index >= 15 is 0 Å². The zero-order valence-electron chi connectivity index (χ0n) is 11.7. The van der Waals surface area contributed by atoms with Gasteiger partial charge in [-0.1, -0.05) is 42.5 Å². The second-order valence-electron chi connectivity index (χ2n) is 4.86. The molecule has 0 saturated heterocycles. The van der Waals surface area contributed by atoms with Gasteiger partial charge in [0.15, 0.2) is 5.11 Å². The predicted octanol–water partition coefficient (Wildman–Crippen LogP) is 4.95. The molecule has 0 spiro atoms. The van der Waals surface area contributed by atoms with Gasteiger partial charge < -0.3 is 10.6 Å². The molecule has 0 saturated carbocycles. The maximum absolute atomic E-state index is 5.43. The van der Waals surface area contributed by atoms with Gasteiger partial charge in [0.1, 0.15) is 0 Å². The van der Waals surface area contributed by atoms with Crippen molar-refractivity contribution < 1.29 is 0 Å². The summed E-state index contributed by atoms with van der Waals surface area (Å²) >= 11 is 7.16. The van der Waals surface area contributed by atoms with Crippen molar-refractivity contribution in [3.8, 4) is 0 Å². The molecule has 0 radical (unpaired) electrons. The van der Waals surface area contributed by atoms with Crippen LogP contribution in [-0.4, -0.2) is 5.11 Å². The van der Waals surface area contributed by atoms with E-state index in [1.54, 1.807) is 11.3 Å². The van der Waals surface area contributed by atoms with E-state index in [0.29, 0.717) is 5.11 Å². The maximum atomic E-state index is 5.43. The van der Waals surface area contributed by atoms with Gasteiger partial charge in [-0.15, -0.1) is 11.3 Å². The Labute approximate surface area is 133 Å². The molecule has 0 aliphatic heterocycles. The molecule has 1 aromatic heterocycles. The molecular formula is C17H16N2S2. The van der Waals surface area contributed by atoms with E-state index in [0.717, 1.165) is 5.69 Å². The van der Waals surface area contributed by atoms with Crippen LogP contribution in [0.4, 0.5) is 5.69 Å². The average molecular weight is 312 g/mol. The zero-order valence-corrected chi connectivity index (χ0v) is 13.3. The van der Waals surface area contributed by atoms with E-state index in [4.69, 9.17) is 12.2 Å². The fourth-order valence-corrected chi connectivity index (χ4v) is 3.32. The molecule has 3 rings (SSSR count). The molecule has 1 heterocycles. The van der Waals surface area contributed by atoms with Gasteiger partial charge in [-0.05, 0) is 42.0 Å². The van der Waals surface area contributed by atoms with E-state index in [1.807, 2.05) is 24.3 Å². The Balaban J connectivity index is 1.75. The number of anilines is 1. The third-order valence-corrected chi connectivity index (χ3v) is 4.63. The number of fused-ring (bicyclic) bond motifs is 1. The van der Waals surface area contributed by atoms with Crippen molar-refractivity contribution in [2.24, 2.45) is 0 Å². The molecule has 0 amide bonds. The first kappa shape index (κ1) is 14.0. The van der Waals surface area contributed by atoms with Crippen LogP contribution in [0.1, 0.15) is 17.8 Å². The second kappa shape index (κ2) is 6.24. The quantitative estimate of drug-likeness (QED) is 0.669. The van der Waals surface area contributed by atoms with Crippen LogP contribution in [0.15, 0.2) is 60.0 Å². The van der Waals surface area contributed by atoms with E-state index < -0.39 is 0 Å². The molecule has 4 heteroatoms. The standard InChI is InChI=1S/C17H16N2S2/c1-12(16-10-5-11-21-16)18-17(20)19-15-9-4-7-13-6-2-3-8-14(13)15/h2-12H,1H3,(H2,18,19,20). The SMILES string of the molecule is CC(NC(=S)Nc1cccc2ccccc12)c1cccs1. The van der Waals surface area contributed by atoms with E-state index in [9.17, 15) is 0 Å². The molecule has 3 aromatic rings. The van der Waals surface area contributed by atoms with Gasteiger partial charge in [-0.2, -0.15) is 0 Å². The van der Waals surface area contributed by atoms with Crippen molar-refractivity contribution in [2.45, 2.75) is 13.0 Å². The monoisotopic (exact) mass is 312 g/mol. The summed E-state index contributed by atoms with van der Waals surface area (Å²) < 4.78 is 0. The van der Waals surface area contributed by atoms with Crippen LogP contribution >= 0.6 is 23.6 Å². The lowest BCUT2D eigenvalue weighted by atomic mass is 10.1. The number of hydrogen-bond donors (Lipinski definition) is 2. The highest BCUT2D eigenvalue weighted by atomic mass is 32.1. The molecule has 0 bridgehead atoms. The van der Waals surface area contributed by atoms with Crippen LogP contribution in [0.2, 0.25) is 0 Å². The van der Waals surface area contributed by atoms with Gasteiger partial charge in [0.25, 0.3) is 0 Å². The van der Waals surface area contributed by atoms with Crippen molar-refractivity contribution in [2.75, 3.05) is 5.32 Å². The highest BCUT2D eigenvalue weighted by Crippen LogP contribution is 2.23. The smallest absolute Gasteiger partial charge is 0.171 e. The van der Waals surface area contributed by atoms with Crippen LogP contribution in [-0.2, 0) is 0 Å². The van der Waals surface area contributed by atoms with Crippen molar-refractivity contribution in [3.05, 3.63) is 64.9 Å². The van der Waals surface area contributed by atoms with Gasteiger partial charge >= 0.3 is 0 Å². The fourth-order valence-electron chi connectivity index (χ4n) is 2.30. The van der Waals surface area contributed by atoms with Crippen molar-refractivity contribution in [3.63, 3.8) is 0 Å². The number of nitrogens with one attached hydrogen (secondary N) is 2. The first-order chi connectivity index (χ1) is 10.2. The van der Waals surface area contributed by atoms with Gasteiger partial charge in [0, 0.05) is 16.0 Å². The van der Waals surface area contributed by atoms with Gasteiger partial charge in [-0.3, -0.25) is 0 Å². The van der Waals surface area contributed by atoms with Gasteiger partial charge in [0.2, 0.25) is 0 Å². The molecule has 0 aliphatic rings. The lowest BCUT2D eigenvalue weighted by molar-refractivity contribution is 0.737. The lowest BCUT2D eigenvalue weighted by Gasteiger charge is -2.16. The van der Waals surface area contributed by atoms with Crippen LogP contribution in [0.3, 0.4) is 0 Å². The maximum Gasteiger partial charge on any atom is 0.171 e. The first-order valence-corrected chi connectivity index (χ1v) is 8.11. The summed E-state index contributed by atoms with van der Waals surface area (Å²) in [4.78, 5) is 1.28. The minimum atomic E-state index is 0.208. The van der Waals surface area contributed by atoms with Crippen LogP contribution in [0.5, 0.6) is 0 Å². The lowest BCUT2D eigenvalue weighted by Crippen LogP contribution is -2.30. The number of rotatable bonds is 3. The molecule has 2 N–H and O–H groups in total. The Hall–Kier alpha value is -1.91. The number of thiocarbonyl (C=S) groups is 1. The predicted molar refractivity (Wildman–Crippen MR) is 96.0 cm³/mol. The molecule has 1 unspecified atom stereocenters. The fraction of sp³-hybridized carbons (Fsp3) is 0.118. The normalized spacial score (nSPS) is 12.0. The van der Waals surface area contributed by atoms with Crippen molar-refractivity contribution in [1.29, 1.82) is 0 Å². The van der Waals surface area contributed by atoms with E-state index in [2.05, 4.69) is 53.3 Å². The number of benzene rings is 2. The minimum Gasteiger partial charge on any atom is -0.355 e. The minimum absolute atomic E-state index is 0.208. The zero-order chi connectivity index (χ0) is 14.7. The average Bonchev–Trinajstić information content (AvgIpc) is 3.02. The van der Waals surface area contributed by atoms with E-state index in [1.165, 1.54) is 15.6 Å².